The summed E-state index contributed by atoms with van der Waals surface area (Å²) in [5.41, 5.74) is 2.95. The molecule has 1 atom stereocenters. The zero-order valence-corrected chi connectivity index (χ0v) is 17.0. The van der Waals surface area contributed by atoms with Crippen LogP contribution in [0.4, 0.5) is 5.69 Å². The van der Waals surface area contributed by atoms with Gasteiger partial charge in [-0.15, -0.1) is 0 Å². The summed E-state index contributed by atoms with van der Waals surface area (Å²) in [4.78, 5) is 28.6. The van der Waals surface area contributed by atoms with Crippen LogP contribution in [0.3, 0.4) is 0 Å². The number of morpholine rings is 1. The quantitative estimate of drug-likeness (QED) is 0.700. The number of fused-ring (bicyclic) bond motifs is 1. The van der Waals surface area contributed by atoms with E-state index in [4.69, 9.17) is 21.1 Å². The fourth-order valence-electron chi connectivity index (χ4n) is 3.75. The minimum Gasteiger partial charge on any atom is -0.454 e. The van der Waals surface area contributed by atoms with Crippen LogP contribution >= 0.6 is 11.6 Å². The first-order valence-corrected chi connectivity index (χ1v) is 10.1. The highest BCUT2D eigenvalue weighted by Gasteiger charge is 2.30. The summed E-state index contributed by atoms with van der Waals surface area (Å²) in [6.45, 7) is 3.45. The molecule has 1 fully saturated rings. The van der Waals surface area contributed by atoms with Crippen LogP contribution in [0.25, 0.3) is 0 Å². The van der Waals surface area contributed by atoms with E-state index in [9.17, 15) is 9.59 Å². The highest BCUT2D eigenvalue weighted by molar-refractivity contribution is 6.34. The molecule has 7 heteroatoms. The molecule has 1 unspecified atom stereocenters. The molecule has 2 aromatic carbocycles. The number of carbonyl (C=O) groups is 2. The van der Waals surface area contributed by atoms with Crippen molar-refractivity contribution in [3.8, 4) is 0 Å². The summed E-state index contributed by atoms with van der Waals surface area (Å²) in [5, 5.41) is 0.434. The van der Waals surface area contributed by atoms with Crippen molar-refractivity contribution in [1.82, 2.24) is 4.90 Å². The predicted molar refractivity (Wildman–Crippen MR) is 111 cm³/mol. The third-order valence-corrected chi connectivity index (χ3v) is 5.72. The van der Waals surface area contributed by atoms with Crippen LogP contribution in [-0.2, 0) is 9.47 Å². The van der Waals surface area contributed by atoms with Crippen LogP contribution in [0.5, 0.6) is 0 Å². The lowest BCUT2D eigenvalue weighted by Crippen LogP contribution is -2.36. The number of halogens is 1. The van der Waals surface area contributed by atoms with Crippen LogP contribution in [0.15, 0.2) is 42.5 Å². The third kappa shape index (κ3) is 4.09. The number of anilines is 1. The zero-order chi connectivity index (χ0) is 20.4. The van der Waals surface area contributed by atoms with E-state index in [0.29, 0.717) is 42.3 Å². The normalized spacial score (nSPS) is 18.3. The van der Waals surface area contributed by atoms with E-state index >= 15 is 0 Å². The third-order valence-electron chi connectivity index (χ3n) is 5.41. The highest BCUT2D eigenvalue weighted by Crippen LogP contribution is 2.33. The molecule has 2 heterocycles. The second kappa shape index (κ2) is 8.43. The molecule has 6 nitrogen and oxygen atoms in total. The van der Waals surface area contributed by atoms with Crippen LogP contribution in [0.1, 0.15) is 38.8 Å². The lowest BCUT2D eigenvalue weighted by Gasteiger charge is -2.29. The molecule has 2 aliphatic rings. The van der Waals surface area contributed by atoms with Crippen molar-refractivity contribution in [2.24, 2.45) is 0 Å². The molecule has 0 radical (unpaired) electrons. The minimum absolute atomic E-state index is 0.152. The molecule has 2 aliphatic heterocycles. The molecular weight excluding hydrogens is 392 g/mol. The van der Waals surface area contributed by atoms with E-state index in [-0.39, 0.29) is 18.0 Å². The number of ether oxygens (including phenoxy) is 2. The van der Waals surface area contributed by atoms with Gasteiger partial charge in [0.1, 0.15) is 6.10 Å². The maximum atomic E-state index is 12.9. The van der Waals surface area contributed by atoms with Gasteiger partial charge in [-0.1, -0.05) is 29.8 Å². The van der Waals surface area contributed by atoms with Crippen molar-refractivity contribution >= 4 is 29.2 Å². The summed E-state index contributed by atoms with van der Waals surface area (Å²) in [6.07, 6.45) is 0.210. The number of carbonyl (C=O) groups excluding carboxylic acids is 2. The van der Waals surface area contributed by atoms with Crippen LogP contribution in [0.2, 0.25) is 5.02 Å². The summed E-state index contributed by atoms with van der Waals surface area (Å²) < 4.78 is 10.8. The van der Waals surface area contributed by atoms with Gasteiger partial charge in [-0.2, -0.15) is 0 Å². The number of hydrogen-bond donors (Lipinski definition) is 0. The topological polar surface area (TPSA) is 59.1 Å². The van der Waals surface area contributed by atoms with Gasteiger partial charge >= 0.3 is 5.97 Å². The van der Waals surface area contributed by atoms with Gasteiger partial charge in [0, 0.05) is 44.4 Å². The number of rotatable bonds is 5. The Labute approximate surface area is 174 Å². The predicted octanol–water partition coefficient (Wildman–Crippen LogP) is 3.55. The van der Waals surface area contributed by atoms with Gasteiger partial charge in [0.15, 0.2) is 0 Å². The van der Waals surface area contributed by atoms with Crippen molar-refractivity contribution in [2.75, 3.05) is 44.8 Å². The van der Waals surface area contributed by atoms with Crippen LogP contribution in [0, 0.1) is 0 Å². The fraction of sp³-hybridized carbons (Fsp3) is 0.364. The number of hydrogen-bond acceptors (Lipinski definition) is 5. The van der Waals surface area contributed by atoms with Crippen molar-refractivity contribution < 1.29 is 19.1 Å². The largest absolute Gasteiger partial charge is 0.454 e. The molecule has 1 saturated heterocycles. The summed E-state index contributed by atoms with van der Waals surface area (Å²) in [6, 6.07) is 12.9. The van der Waals surface area contributed by atoms with Gasteiger partial charge in [0.25, 0.3) is 5.91 Å². The number of nitrogens with zero attached hydrogens (tertiary/aromatic N) is 2. The summed E-state index contributed by atoms with van der Waals surface area (Å²) in [7, 11) is 1.73. The Kier molecular flexibility index (Phi) is 5.74. The number of cyclic esters (lactones) is 1. The number of benzene rings is 2. The smallest absolute Gasteiger partial charge is 0.339 e. The second-order valence-electron chi connectivity index (χ2n) is 7.26. The first kappa shape index (κ1) is 19.7. The maximum Gasteiger partial charge on any atom is 0.339 e. The first-order valence-electron chi connectivity index (χ1n) is 9.72. The van der Waals surface area contributed by atoms with Crippen LogP contribution < -0.4 is 4.90 Å². The summed E-state index contributed by atoms with van der Waals surface area (Å²) >= 11 is 6.43. The zero-order valence-electron chi connectivity index (χ0n) is 16.3. The van der Waals surface area contributed by atoms with Crippen molar-refractivity contribution in [1.29, 1.82) is 0 Å². The first-order chi connectivity index (χ1) is 14.0. The average Bonchev–Trinajstić information content (AvgIpc) is 3.08. The summed E-state index contributed by atoms with van der Waals surface area (Å²) in [5.74, 6) is -0.456. The Morgan fingerprint density at radius 2 is 1.97 bits per heavy atom. The van der Waals surface area contributed by atoms with Gasteiger partial charge in [-0.05, 0) is 24.3 Å². The molecule has 152 valence electrons. The SMILES string of the molecule is CN(CCC1OC(=O)c2ccccc21)C(=O)c1ccc(N2CCOCC2)cc1Cl. The molecule has 0 N–H and O–H groups in total. The molecule has 29 heavy (non-hydrogen) atoms. The molecule has 2 aromatic rings. The van der Waals surface area contributed by atoms with E-state index in [2.05, 4.69) is 4.90 Å². The van der Waals surface area contributed by atoms with Crippen LogP contribution in [-0.4, -0.2) is 56.7 Å². The van der Waals surface area contributed by atoms with Gasteiger partial charge in [0.05, 0.1) is 29.4 Å². The second-order valence-corrected chi connectivity index (χ2v) is 7.67. The molecule has 0 aliphatic carbocycles. The Balaban J connectivity index is 1.40. The van der Waals surface area contributed by atoms with E-state index in [0.717, 1.165) is 24.3 Å². The van der Waals surface area contributed by atoms with E-state index < -0.39 is 0 Å². The Bertz CT molecular complexity index is 927. The maximum absolute atomic E-state index is 12.9. The lowest BCUT2D eigenvalue weighted by molar-refractivity contribution is 0.0349. The molecule has 0 saturated carbocycles. The van der Waals surface area contributed by atoms with Crippen molar-refractivity contribution in [3.05, 3.63) is 64.2 Å². The molecule has 1 amide bonds. The molecular formula is C22H23ClN2O4. The Morgan fingerprint density at radius 3 is 2.72 bits per heavy atom. The van der Waals surface area contributed by atoms with Gasteiger partial charge in [0.2, 0.25) is 0 Å². The van der Waals surface area contributed by atoms with Crippen molar-refractivity contribution in [3.63, 3.8) is 0 Å². The van der Waals surface area contributed by atoms with Gasteiger partial charge < -0.3 is 19.3 Å². The molecule has 0 bridgehead atoms. The Hall–Kier alpha value is -2.57. The minimum atomic E-state index is -0.326. The standard InChI is InChI=1S/C22H23ClN2O4/c1-24(9-8-20-16-4-2-3-5-17(16)22(27)29-20)21(26)18-7-6-15(14-19(18)23)25-10-12-28-13-11-25/h2-7,14,20H,8-13H2,1H3. The molecule has 4 rings (SSSR count). The number of amides is 1. The van der Waals surface area contributed by atoms with Gasteiger partial charge in [-0.3, -0.25) is 4.79 Å². The molecule has 0 aromatic heterocycles. The monoisotopic (exact) mass is 414 g/mol. The van der Waals surface area contributed by atoms with Crippen molar-refractivity contribution in [2.45, 2.75) is 12.5 Å². The number of esters is 1. The highest BCUT2D eigenvalue weighted by atomic mass is 35.5. The Morgan fingerprint density at radius 1 is 1.21 bits per heavy atom. The molecule has 0 spiro atoms. The average molecular weight is 415 g/mol. The fourth-order valence-corrected chi connectivity index (χ4v) is 4.00. The lowest BCUT2D eigenvalue weighted by atomic mass is 10.0. The van der Waals surface area contributed by atoms with E-state index in [1.54, 1.807) is 24.1 Å². The van der Waals surface area contributed by atoms with E-state index in [1.165, 1.54) is 0 Å². The van der Waals surface area contributed by atoms with Gasteiger partial charge in [-0.25, -0.2) is 4.79 Å². The van der Waals surface area contributed by atoms with E-state index in [1.807, 2.05) is 30.3 Å².